The lowest BCUT2D eigenvalue weighted by Gasteiger charge is -2.33. The Morgan fingerprint density at radius 3 is 2.41 bits per heavy atom. The Morgan fingerprint density at radius 1 is 1.00 bits per heavy atom. The monoisotopic (exact) mass is 544 g/mol. The zero-order chi connectivity index (χ0) is 21.3. The Bertz CT molecular complexity index is 932. The largest absolute Gasteiger partial charge is 0.356 e. The maximum Gasteiger partial charge on any atom is 0.191 e. The summed E-state index contributed by atoms with van der Waals surface area (Å²) >= 11 is 0. The molecule has 4 rings (SSSR count). The molecule has 0 aliphatic carbocycles. The second kappa shape index (κ2) is 12.6. The van der Waals surface area contributed by atoms with Crippen molar-refractivity contribution in [3.8, 4) is 5.69 Å². The van der Waals surface area contributed by atoms with E-state index in [2.05, 4.69) is 80.2 Å². The van der Waals surface area contributed by atoms with E-state index in [1.807, 2.05) is 24.0 Å². The van der Waals surface area contributed by atoms with Crippen LogP contribution in [0.2, 0.25) is 0 Å². The molecule has 0 bridgehead atoms. The van der Waals surface area contributed by atoms with Gasteiger partial charge in [-0.15, -0.1) is 24.0 Å². The summed E-state index contributed by atoms with van der Waals surface area (Å²) in [4.78, 5) is 6.96. The number of halogens is 1. The first-order valence-corrected chi connectivity index (χ1v) is 11.1. The molecule has 0 amide bonds. The number of piperidine rings is 1. The van der Waals surface area contributed by atoms with Crippen molar-refractivity contribution in [2.45, 2.75) is 31.8 Å². The molecule has 0 unspecified atom stereocenters. The summed E-state index contributed by atoms with van der Waals surface area (Å²) < 4.78 is 1.87. The first-order valence-electron chi connectivity index (χ1n) is 11.1. The summed E-state index contributed by atoms with van der Waals surface area (Å²) in [5.41, 5.74) is 3.77. The highest BCUT2D eigenvalue weighted by Gasteiger charge is 2.19. The molecule has 0 spiro atoms. The number of aromatic nitrogens is 2. The quantitative estimate of drug-likeness (QED) is 0.270. The molecule has 1 aliphatic heterocycles. The summed E-state index contributed by atoms with van der Waals surface area (Å²) in [6, 6.07) is 21.7. The number of guanidine groups is 1. The van der Waals surface area contributed by atoms with Crippen molar-refractivity contribution in [2.24, 2.45) is 4.99 Å². The molecule has 1 fully saturated rings. The van der Waals surface area contributed by atoms with Crippen LogP contribution in [0.4, 0.5) is 0 Å². The third-order valence-electron chi connectivity index (χ3n) is 5.81. The van der Waals surface area contributed by atoms with Crippen LogP contribution in [0.5, 0.6) is 0 Å². The van der Waals surface area contributed by atoms with E-state index in [4.69, 9.17) is 0 Å². The van der Waals surface area contributed by atoms with Crippen LogP contribution in [0.15, 0.2) is 78.0 Å². The van der Waals surface area contributed by atoms with E-state index in [1.165, 1.54) is 11.1 Å². The van der Waals surface area contributed by atoms with E-state index < -0.39 is 0 Å². The minimum Gasteiger partial charge on any atom is -0.356 e. The van der Waals surface area contributed by atoms with Crippen LogP contribution in [0.25, 0.3) is 5.69 Å². The molecule has 7 heteroatoms. The van der Waals surface area contributed by atoms with Crippen LogP contribution < -0.4 is 10.6 Å². The van der Waals surface area contributed by atoms with Gasteiger partial charge in [0.1, 0.15) is 0 Å². The third kappa shape index (κ3) is 7.06. The maximum absolute atomic E-state index is 4.42. The van der Waals surface area contributed by atoms with Crippen molar-refractivity contribution in [2.75, 3.05) is 26.7 Å². The van der Waals surface area contributed by atoms with Crippen molar-refractivity contribution < 1.29 is 0 Å². The SMILES string of the molecule is CN=C(NCCc1ccc(-n2cccn2)cc1)NC1CCN(Cc2ccccc2)CC1.I. The van der Waals surface area contributed by atoms with Crippen LogP contribution in [-0.4, -0.2) is 53.4 Å². The highest BCUT2D eigenvalue weighted by molar-refractivity contribution is 14.0. The average Bonchev–Trinajstić information content (AvgIpc) is 3.36. The minimum atomic E-state index is 0. The van der Waals surface area contributed by atoms with Gasteiger partial charge in [0.2, 0.25) is 0 Å². The molecule has 1 saturated heterocycles. The van der Waals surface area contributed by atoms with Crippen molar-refractivity contribution >= 4 is 29.9 Å². The lowest BCUT2D eigenvalue weighted by Crippen LogP contribution is -2.48. The molecule has 1 aliphatic rings. The molecule has 0 saturated carbocycles. The summed E-state index contributed by atoms with van der Waals surface area (Å²) in [5.74, 6) is 0.898. The van der Waals surface area contributed by atoms with Crippen LogP contribution in [-0.2, 0) is 13.0 Å². The zero-order valence-corrected chi connectivity index (χ0v) is 21.0. The van der Waals surface area contributed by atoms with Gasteiger partial charge in [0.05, 0.1) is 5.69 Å². The molecule has 32 heavy (non-hydrogen) atoms. The van der Waals surface area contributed by atoms with Gasteiger partial charge in [-0.2, -0.15) is 5.10 Å². The normalized spacial score (nSPS) is 15.2. The van der Waals surface area contributed by atoms with Crippen LogP contribution in [0, 0.1) is 0 Å². The van der Waals surface area contributed by atoms with Gasteiger partial charge in [0.15, 0.2) is 5.96 Å². The molecular weight excluding hydrogens is 511 g/mol. The summed E-state index contributed by atoms with van der Waals surface area (Å²) in [5, 5.41) is 11.3. The number of likely N-dealkylation sites (tertiary alicyclic amines) is 1. The van der Waals surface area contributed by atoms with Gasteiger partial charge in [-0.05, 0) is 48.6 Å². The van der Waals surface area contributed by atoms with E-state index in [0.29, 0.717) is 6.04 Å². The van der Waals surface area contributed by atoms with Gasteiger partial charge in [0.25, 0.3) is 0 Å². The number of nitrogens with zero attached hydrogens (tertiary/aromatic N) is 4. The summed E-state index contributed by atoms with van der Waals surface area (Å²) in [7, 11) is 1.85. The molecule has 1 aromatic heterocycles. The molecule has 3 aromatic rings. The lowest BCUT2D eigenvalue weighted by atomic mass is 10.0. The molecule has 2 N–H and O–H groups in total. The molecular formula is C25H33IN6. The minimum absolute atomic E-state index is 0. The Hall–Kier alpha value is -2.39. The fourth-order valence-electron chi connectivity index (χ4n) is 4.03. The van der Waals surface area contributed by atoms with E-state index in [0.717, 1.165) is 57.1 Å². The fraction of sp³-hybridized carbons (Fsp3) is 0.360. The Kier molecular flexibility index (Phi) is 9.55. The second-order valence-corrected chi connectivity index (χ2v) is 8.05. The van der Waals surface area contributed by atoms with Crippen LogP contribution >= 0.6 is 24.0 Å². The van der Waals surface area contributed by atoms with Crippen LogP contribution in [0.1, 0.15) is 24.0 Å². The number of hydrogen-bond donors (Lipinski definition) is 2. The molecule has 2 aromatic carbocycles. The smallest absolute Gasteiger partial charge is 0.191 e. The zero-order valence-electron chi connectivity index (χ0n) is 18.7. The number of hydrogen-bond acceptors (Lipinski definition) is 3. The summed E-state index contributed by atoms with van der Waals surface area (Å²) in [6.45, 7) is 4.13. The van der Waals surface area contributed by atoms with E-state index in [-0.39, 0.29) is 24.0 Å². The highest BCUT2D eigenvalue weighted by Crippen LogP contribution is 2.14. The van der Waals surface area contributed by atoms with E-state index in [1.54, 1.807) is 6.20 Å². The fourth-order valence-corrected chi connectivity index (χ4v) is 4.03. The molecule has 6 nitrogen and oxygen atoms in total. The number of aliphatic imine (C=N–C) groups is 1. The topological polar surface area (TPSA) is 57.5 Å². The van der Waals surface area contributed by atoms with Crippen LogP contribution in [0.3, 0.4) is 0 Å². The Labute approximate surface area is 208 Å². The standard InChI is InChI=1S/C25H32N6.HI/c1-26-25(27-16-12-21-8-10-24(11-9-21)31-17-5-15-28-31)29-23-13-18-30(19-14-23)20-22-6-3-2-4-7-22;/h2-11,15,17,23H,12-14,16,18-20H2,1H3,(H2,26,27,29);1H. The van der Waals surface area contributed by atoms with Crippen molar-refractivity contribution in [1.82, 2.24) is 25.3 Å². The van der Waals surface area contributed by atoms with Gasteiger partial charge in [-0.1, -0.05) is 42.5 Å². The van der Waals surface area contributed by atoms with Gasteiger partial charge in [0, 0.05) is 51.7 Å². The van der Waals surface area contributed by atoms with Gasteiger partial charge in [-0.25, -0.2) is 4.68 Å². The molecule has 0 atom stereocenters. The highest BCUT2D eigenvalue weighted by atomic mass is 127. The first-order chi connectivity index (χ1) is 15.3. The van der Waals surface area contributed by atoms with E-state index >= 15 is 0 Å². The Balaban J connectivity index is 0.00000289. The molecule has 170 valence electrons. The van der Waals surface area contributed by atoms with Crippen molar-refractivity contribution in [3.05, 3.63) is 84.2 Å². The van der Waals surface area contributed by atoms with E-state index in [9.17, 15) is 0 Å². The van der Waals surface area contributed by atoms with Gasteiger partial charge < -0.3 is 10.6 Å². The van der Waals surface area contributed by atoms with Crippen molar-refractivity contribution in [1.29, 1.82) is 0 Å². The van der Waals surface area contributed by atoms with Crippen molar-refractivity contribution in [3.63, 3.8) is 0 Å². The average molecular weight is 544 g/mol. The number of rotatable bonds is 7. The summed E-state index contributed by atoms with van der Waals surface area (Å²) in [6.07, 6.45) is 6.99. The predicted octanol–water partition coefficient (Wildman–Crippen LogP) is 3.86. The van der Waals surface area contributed by atoms with Gasteiger partial charge in [-0.3, -0.25) is 9.89 Å². The van der Waals surface area contributed by atoms with Gasteiger partial charge >= 0.3 is 0 Å². The molecule has 0 radical (unpaired) electrons. The lowest BCUT2D eigenvalue weighted by molar-refractivity contribution is 0.198. The second-order valence-electron chi connectivity index (χ2n) is 8.05. The maximum atomic E-state index is 4.42. The Morgan fingerprint density at radius 2 is 1.75 bits per heavy atom. The first kappa shape index (κ1) is 24.3. The molecule has 2 heterocycles. The third-order valence-corrected chi connectivity index (χ3v) is 5.81. The predicted molar refractivity (Wildman–Crippen MR) is 142 cm³/mol. The number of nitrogens with one attached hydrogen (secondary N) is 2. The number of benzene rings is 2.